The molecule has 0 aliphatic carbocycles. The van der Waals surface area contributed by atoms with Crippen molar-refractivity contribution in [2.24, 2.45) is 5.92 Å². The molecule has 0 amide bonds. The number of fused-ring (bicyclic) bond motifs is 1. The summed E-state index contributed by atoms with van der Waals surface area (Å²) >= 11 is 1.83. The summed E-state index contributed by atoms with van der Waals surface area (Å²) in [5.74, 6) is 0.744. The average molecular weight is 289 g/mol. The van der Waals surface area contributed by atoms with Crippen molar-refractivity contribution in [3.05, 3.63) is 29.3 Å². The van der Waals surface area contributed by atoms with Gasteiger partial charge in [-0.25, -0.2) is 4.98 Å². The standard InChI is InChI=1S/C16H23N3S/c1-3-12(2)14-10-19(9-8-17-14)11-16-18-13-6-4-5-7-15(13)20-16/h4-7,12,14,17H,3,8-11H2,1-2H3. The SMILES string of the molecule is CCC(C)C1CN(Cc2nc3ccccc3s2)CCN1. The van der Waals surface area contributed by atoms with E-state index in [9.17, 15) is 0 Å². The predicted octanol–water partition coefficient (Wildman–Crippen LogP) is 3.12. The van der Waals surface area contributed by atoms with E-state index in [0.717, 1.165) is 37.6 Å². The molecule has 20 heavy (non-hydrogen) atoms. The summed E-state index contributed by atoms with van der Waals surface area (Å²) in [6, 6.07) is 9.05. The molecular formula is C16H23N3S. The van der Waals surface area contributed by atoms with Gasteiger partial charge < -0.3 is 5.32 Å². The summed E-state index contributed by atoms with van der Waals surface area (Å²) in [4.78, 5) is 7.30. The van der Waals surface area contributed by atoms with E-state index in [-0.39, 0.29) is 0 Å². The maximum Gasteiger partial charge on any atom is 0.108 e. The number of nitrogens with one attached hydrogen (secondary N) is 1. The van der Waals surface area contributed by atoms with E-state index in [1.807, 2.05) is 11.3 Å². The number of hydrogen-bond acceptors (Lipinski definition) is 4. The van der Waals surface area contributed by atoms with E-state index in [4.69, 9.17) is 4.98 Å². The predicted molar refractivity (Wildman–Crippen MR) is 86.1 cm³/mol. The van der Waals surface area contributed by atoms with Gasteiger partial charge in [0.15, 0.2) is 0 Å². The molecule has 1 aromatic carbocycles. The molecule has 0 spiro atoms. The van der Waals surface area contributed by atoms with Crippen molar-refractivity contribution in [1.29, 1.82) is 0 Å². The van der Waals surface area contributed by atoms with E-state index in [1.165, 1.54) is 16.1 Å². The Labute approximate surface area is 125 Å². The third-order valence-corrected chi connectivity index (χ3v) is 5.34. The van der Waals surface area contributed by atoms with Crippen molar-refractivity contribution in [3.63, 3.8) is 0 Å². The van der Waals surface area contributed by atoms with Crippen molar-refractivity contribution in [1.82, 2.24) is 15.2 Å². The van der Waals surface area contributed by atoms with Crippen LogP contribution in [0.5, 0.6) is 0 Å². The first-order chi connectivity index (χ1) is 9.76. The smallest absolute Gasteiger partial charge is 0.108 e. The van der Waals surface area contributed by atoms with E-state index in [1.54, 1.807) is 0 Å². The van der Waals surface area contributed by atoms with Gasteiger partial charge in [0.1, 0.15) is 5.01 Å². The van der Waals surface area contributed by atoms with E-state index < -0.39 is 0 Å². The topological polar surface area (TPSA) is 28.2 Å². The molecule has 1 aliphatic rings. The largest absolute Gasteiger partial charge is 0.311 e. The highest BCUT2D eigenvalue weighted by Gasteiger charge is 2.23. The van der Waals surface area contributed by atoms with E-state index in [0.29, 0.717) is 6.04 Å². The Bertz CT molecular complexity index is 533. The van der Waals surface area contributed by atoms with Gasteiger partial charge in [-0.1, -0.05) is 32.4 Å². The lowest BCUT2D eigenvalue weighted by Gasteiger charge is -2.36. The fraction of sp³-hybridized carbons (Fsp3) is 0.562. The Morgan fingerprint density at radius 2 is 2.30 bits per heavy atom. The zero-order valence-electron chi connectivity index (χ0n) is 12.3. The van der Waals surface area contributed by atoms with Gasteiger partial charge in [-0.15, -0.1) is 11.3 Å². The molecule has 1 aromatic heterocycles. The summed E-state index contributed by atoms with van der Waals surface area (Å²) in [7, 11) is 0. The third kappa shape index (κ3) is 3.03. The van der Waals surface area contributed by atoms with Gasteiger partial charge in [-0.2, -0.15) is 0 Å². The van der Waals surface area contributed by atoms with Crippen LogP contribution in [0.25, 0.3) is 10.2 Å². The maximum atomic E-state index is 4.75. The lowest BCUT2D eigenvalue weighted by molar-refractivity contribution is 0.162. The number of thiazole rings is 1. The second-order valence-electron chi connectivity index (χ2n) is 5.76. The Hall–Kier alpha value is -0.970. The van der Waals surface area contributed by atoms with Crippen LogP contribution in [0.2, 0.25) is 0 Å². The van der Waals surface area contributed by atoms with E-state index >= 15 is 0 Å². The number of benzene rings is 1. The third-order valence-electron chi connectivity index (χ3n) is 4.32. The van der Waals surface area contributed by atoms with Crippen LogP contribution in [0, 0.1) is 5.92 Å². The zero-order chi connectivity index (χ0) is 13.9. The fourth-order valence-electron chi connectivity index (χ4n) is 2.83. The minimum Gasteiger partial charge on any atom is -0.311 e. The molecule has 1 saturated heterocycles. The Kier molecular flexibility index (Phi) is 4.34. The normalized spacial score (nSPS) is 22.2. The lowest BCUT2D eigenvalue weighted by atomic mass is 9.97. The summed E-state index contributed by atoms with van der Waals surface area (Å²) in [5.41, 5.74) is 1.14. The molecule has 1 fully saturated rings. The first-order valence-electron chi connectivity index (χ1n) is 7.56. The molecule has 2 atom stereocenters. The lowest BCUT2D eigenvalue weighted by Crippen LogP contribution is -2.52. The average Bonchev–Trinajstić information content (AvgIpc) is 2.88. The van der Waals surface area contributed by atoms with Crippen LogP contribution in [0.1, 0.15) is 25.3 Å². The van der Waals surface area contributed by atoms with Gasteiger partial charge in [-0.3, -0.25) is 4.90 Å². The second kappa shape index (κ2) is 6.20. The zero-order valence-corrected chi connectivity index (χ0v) is 13.1. The molecule has 108 valence electrons. The summed E-state index contributed by atoms with van der Waals surface area (Å²) in [6.07, 6.45) is 1.24. The number of para-hydroxylation sites is 1. The van der Waals surface area contributed by atoms with Crippen LogP contribution in [0.15, 0.2) is 24.3 Å². The number of rotatable bonds is 4. The van der Waals surface area contributed by atoms with Crippen molar-refractivity contribution in [2.75, 3.05) is 19.6 Å². The van der Waals surface area contributed by atoms with E-state index in [2.05, 4.69) is 48.3 Å². The van der Waals surface area contributed by atoms with Crippen molar-refractivity contribution in [3.8, 4) is 0 Å². The van der Waals surface area contributed by atoms with Crippen LogP contribution in [-0.2, 0) is 6.54 Å². The molecule has 0 bridgehead atoms. The highest BCUT2D eigenvalue weighted by atomic mass is 32.1. The summed E-state index contributed by atoms with van der Waals surface area (Å²) in [5, 5.41) is 4.90. The Balaban J connectivity index is 1.67. The van der Waals surface area contributed by atoms with Crippen LogP contribution < -0.4 is 5.32 Å². The second-order valence-corrected chi connectivity index (χ2v) is 6.87. The highest BCUT2D eigenvalue weighted by Crippen LogP contribution is 2.23. The van der Waals surface area contributed by atoms with Crippen LogP contribution in [0.3, 0.4) is 0 Å². The van der Waals surface area contributed by atoms with Crippen molar-refractivity contribution < 1.29 is 0 Å². The first kappa shape index (κ1) is 14.0. The molecule has 3 nitrogen and oxygen atoms in total. The van der Waals surface area contributed by atoms with Crippen LogP contribution >= 0.6 is 11.3 Å². The van der Waals surface area contributed by atoms with Gasteiger partial charge in [-0.05, 0) is 18.1 Å². The Morgan fingerprint density at radius 3 is 3.10 bits per heavy atom. The molecule has 3 rings (SSSR count). The van der Waals surface area contributed by atoms with Crippen molar-refractivity contribution in [2.45, 2.75) is 32.9 Å². The molecule has 2 unspecified atom stereocenters. The van der Waals surface area contributed by atoms with Gasteiger partial charge in [0.25, 0.3) is 0 Å². The van der Waals surface area contributed by atoms with Crippen molar-refractivity contribution >= 4 is 21.6 Å². The minimum absolute atomic E-state index is 0.628. The number of nitrogens with zero attached hydrogens (tertiary/aromatic N) is 2. The molecular weight excluding hydrogens is 266 g/mol. The van der Waals surface area contributed by atoms with Gasteiger partial charge in [0.2, 0.25) is 0 Å². The first-order valence-corrected chi connectivity index (χ1v) is 8.38. The minimum atomic E-state index is 0.628. The summed E-state index contributed by atoms with van der Waals surface area (Å²) in [6.45, 7) is 8.99. The van der Waals surface area contributed by atoms with Crippen LogP contribution in [-0.4, -0.2) is 35.6 Å². The number of aromatic nitrogens is 1. The monoisotopic (exact) mass is 289 g/mol. The number of hydrogen-bond donors (Lipinski definition) is 1. The molecule has 1 N–H and O–H groups in total. The van der Waals surface area contributed by atoms with Gasteiger partial charge in [0, 0.05) is 25.7 Å². The van der Waals surface area contributed by atoms with Gasteiger partial charge in [0.05, 0.1) is 16.8 Å². The molecule has 2 aromatic rings. The fourth-order valence-corrected chi connectivity index (χ4v) is 3.84. The molecule has 2 heterocycles. The quantitative estimate of drug-likeness (QED) is 0.937. The Morgan fingerprint density at radius 1 is 1.45 bits per heavy atom. The molecule has 0 saturated carbocycles. The highest BCUT2D eigenvalue weighted by molar-refractivity contribution is 7.18. The molecule has 0 radical (unpaired) electrons. The van der Waals surface area contributed by atoms with Crippen LogP contribution in [0.4, 0.5) is 0 Å². The molecule has 1 aliphatic heterocycles. The molecule has 4 heteroatoms. The maximum absolute atomic E-state index is 4.75. The summed E-state index contributed by atoms with van der Waals surface area (Å²) < 4.78 is 1.30. The van der Waals surface area contributed by atoms with Gasteiger partial charge >= 0.3 is 0 Å². The number of piperazine rings is 1.